The highest BCUT2D eigenvalue weighted by Gasteiger charge is 2.45. The highest BCUT2D eigenvalue weighted by Crippen LogP contribution is 2.39. The van der Waals surface area contributed by atoms with Gasteiger partial charge in [0.1, 0.15) is 11.6 Å². The van der Waals surface area contributed by atoms with E-state index in [1.54, 1.807) is 0 Å². The standard InChI is InChI=1S/C25H29FN2O3/c1-16(2)17-6-8-18(9-7-17)22-21(23(29)19-10-12-20(26)13-11-19)24(30)25(31)28(22)15-5-14-27(3)4/h6-13,16,22,29H,5,14-15H2,1-4H3/t22-/m0/s1. The number of hydrogen-bond donors (Lipinski definition) is 1. The first-order valence-corrected chi connectivity index (χ1v) is 10.5. The second-order valence-electron chi connectivity index (χ2n) is 8.48. The van der Waals surface area contributed by atoms with Gasteiger partial charge in [0.05, 0.1) is 11.6 Å². The Balaban J connectivity index is 2.08. The van der Waals surface area contributed by atoms with Crippen molar-refractivity contribution in [2.45, 2.75) is 32.2 Å². The first-order chi connectivity index (χ1) is 14.7. The first-order valence-electron chi connectivity index (χ1n) is 10.5. The molecule has 0 aromatic heterocycles. The number of benzene rings is 2. The van der Waals surface area contributed by atoms with Crippen molar-refractivity contribution in [3.8, 4) is 0 Å². The third kappa shape index (κ3) is 4.85. The molecule has 6 heteroatoms. The number of aliphatic hydroxyl groups excluding tert-OH is 1. The van der Waals surface area contributed by atoms with Crippen molar-refractivity contribution < 1.29 is 19.1 Å². The Morgan fingerprint density at radius 2 is 1.68 bits per heavy atom. The first kappa shape index (κ1) is 22.7. The molecule has 0 spiro atoms. The van der Waals surface area contributed by atoms with Crippen LogP contribution in [0.1, 0.15) is 48.9 Å². The molecule has 31 heavy (non-hydrogen) atoms. The quantitative estimate of drug-likeness (QED) is 0.408. The van der Waals surface area contributed by atoms with Crippen LogP contribution in [0.15, 0.2) is 54.1 Å². The SMILES string of the molecule is CC(C)c1ccc([C@H]2C(=C(O)c3ccc(F)cc3)C(=O)C(=O)N2CCCN(C)C)cc1. The number of rotatable bonds is 7. The molecule has 0 bridgehead atoms. The van der Waals surface area contributed by atoms with Gasteiger partial charge in [0.2, 0.25) is 0 Å². The summed E-state index contributed by atoms with van der Waals surface area (Å²) < 4.78 is 13.3. The van der Waals surface area contributed by atoms with E-state index in [9.17, 15) is 19.1 Å². The topological polar surface area (TPSA) is 60.9 Å². The summed E-state index contributed by atoms with van der Waals surface area (Å²) in [6, 6.07) is 12.3. The summed E-state index contributed by atoms with van der Waals surface area (Å²) in [5.41, 5.74) is 2.25. The summed E-state index contributed by atoms with van der Waals surface area (Å²) in [7, 11) is 3.90. The molecule has 1 fully saturated rings. The minimum Gasteiger partial charge on any atom is -0.507 e. The summed E-state index contributed by atoms with van der Waals surface area (Å²) in [6.45, 7) is 5.34. The number of hydrogen-bond acceptors (Lipinski definition) is 4. The molecule has 1 saturated heterocycles. The number of ketones is 1. The van der Waals surface area contributed by atoms with E-state index in [4.69, 9.17) is 0 Å². The van der Waals surface area contributed by atoms with Crippen LogP contribution in [-0.2, 0) is 9.59 Å². The van der Waals surface area contributed by atoms with Crippen LogP contribution in [-0.4, -0.2) is 53.8 Å². The zero-order valence-electron chi connectivity index (χ0n) is 18.4. The van der Waals surface area contributed by atoms with Gasteiger partial charge in [-0.25, -0.2) is 4.39 Å². The smallest absolute Gasteiger partial charge is 0.295 e. The third-order valence-corrected chi connectivity index (χ3v) is 5.58. The molecule has 2 aromatic carbocycles. The summed E-state index contributed by atoms with van der Waals surface area (Å²) in [4.78, 5) is 29.4. The van der Waals surface area contributed by atoms with E-state index in [0.29, 0.717) is 24.4 Å². The monoisotopic (exact) mass is 424 g/mol. The van der Waals surface area contributed by atoms with Gasteiger partial charge in [-0.3, -0.25) is 9.59 Å². The normalized spacial score (nSPS) is 18.4. The van der Waals surface area contributed by atoms with E-state index >= 15 is 0 Å². The second-order valence-corrected chi connectivity index (χ2v) is 8.48. The Morgan fingerprint density at radius 3 is 2.23 bits per heavy atom. The van der Waals surface area contributed by atoms with Crippen LogP contribution < -0.4 is 0 Å². The second kappa shape index (κ2) is 9.43. The number of carbonyl (C=O) groups excluding carboxylic acids is 2. The van der Waals surface area contributed by atoms with Gasteiger partial charge in [0.15, 0.2) is 0 Å². The Labute approximate surface area is 182 Å². The van der Waals surface area contributed by atoms with Crippen molar-refractivity contribution in [2.75, 3.05) is 27.2 Å². The largest absolute Gasteiger partial charge is 0.507 e. The molecular weight excluding hydrogens is 395 g/mol. The van der Waals surface area contributed by atoms with E-state index in [1.165, 1.54) is 29.2 Å². The van der Waals surface area contributed by atoms with E-state index in [1.807, 2.05) is 43.3 Å². The summed E-state index contributed by atoms with van der Waals surface area (Å²) >= 11 is 0. The molecule has 0 unspecified atom stereocenters. The summed E-state index contributed by atoms with van der Waals surface area (Å²) in [5.74, 6) is -1.72. The van der Waals surface area contributed by atoms with Gasteiger partial charge in [-0.15, -0.1) is 0 Å². The average Bonchev–Trinajstić information content (AvgIpc) is 2.98. The molecule has 164 valence electrons. The molecule has 3 rings (SSSR count). The van der Waals surface area contributed by atoms with E-state index < -0.39 is 23.5 Å². The van der Waals surface area contributed by atoms with Crippen molar-refractivity contribution >= 4 is 17.4 Å². The van der Waals surface area contributed by atoms with Crippen LogP contribution in [0.4, 0.5) is 4.39 Å². The molecule has 2 aromatic rings. The molecule has 1 atom stereocenters. The van der Waals surface area contributed by atoms with Gasteiger partial charge in [0, 0.05) is 12.1 Å². The van der Waals surface area contributed by atoms with Crippen LogP contribution in [0.3, 0.4) is 0 Å². The lowest BCUT2D eigenvalue weighted by Gasteiger charge is -2.26. The van der Waals surface area contributed by atoms with E-state index in [-0.39, 0.29) is 11.3 Å². The molecule has 0 aliphatic carbocycles. The van der Waals surface area contributed by atoms with Crippen molar-refractivity contribution in [1.82, 2.24) is 9.80 Å². The lowest BCUT2D eigenvalue weighted by atomic mass is 9.93. The molecule has 1 aliphatic heterocycles. The van der Waals surface area contributed by atoms with Crippen LogP contribution in [0, 0.1) is 5.82 Å². The Hall–Kier alpha value is -2.99. The highest BCUT2D eigenvalue weighted by atomic mass is 19.1. The molecule has 0 saturated carbocycles. The fourth-order valence-electron chi connectivity index (χ4n) is 3.84. The third-order valence-electron chi connectivity index (χ3n) is 5.58. The fourth-order valence-corrected chi connectivity index (χ4v) is 3.84. The van der Waals surface area contributed by atoms with Crippen LogP contribution in [0.5, 0.6) is 0 Å². The van der Waals surface area contributed by atoms with E-state index in [0.717, 1.165) is 17.7 Å². The summed E-state index contributed by atoms with van der Waals surface area (Å²) in [5, 5.41) is 11.0. The van der Waals surface area contributed by atoms with Gasteiger partial charge in [-0.2, -0.15) is 0 Å². The summed E-state index contributed by atoms with van der Waals surface area (Å²) in [6.07, 6.45) is 0.692. The van der Waals surface area contributed by atoms with Crippen LogP contribution >= 0.6 is 0 Å². The minimum atomic E-state index is -0.718. The number of Topliss-reactive ketones (excluding diaryl/α,β-unsaturated/α-hetero) is 1. The number of aliphatic hydroxyl groups is 1. The molecule has 5 nitrogen and oxygen atoms in total. The predicted molar refractivity (Wildman–Crippen MR) is 119 cm³/mol. The molecule has 0 radical (unpaired) electrons. The van der Waals surface area contributed by atoms with Crippen molar-refractivity contribution in [2.24, 2.45) is 0 Å². The van der Waals surface area contributed by atoms with E-state index in [2.05, 4.69) is 13.8 Å². The van der Waals surface area contributed by atoms with Gasteiger partial charge >= 0.3 is 0 Å². The van der Waals surface area contributed by atoms with Gasteiger partial charge in [-0.05, 0) is 68.4 Å². The molecule has 1 aliphatic rings. The number of likely N-dealkylation sites (tertiary alicyclic amines) is 1. The Kier molecular flexibility index (Phi) is 6.91. The Bertz CT molecular complexity index is 979. The number of nitrogens with zero attached hydrogens (tertiary/aromatic N) is 2. The van der Waals surface area contributed by atoms with Crippen LogP contribution in [0.2, 0.25) is 0 Å². The lowest BCUT2D eigenvalue weighted by molar-refractivity contribution is -0.139. The maximum Gasteiger partial charge on any atom is 0.295 e. The molecule has 1 N–H and O–H groups in total. The van der Waals surface area contributed by atoms with Crippen LogP contribution in [0.25, 0.3) is 5.76 Å². The average molecular weight is 425 g/mol. The minimum absolute atomic E-state index is 0.0405. The lowest BCUT2D eigenvalue weighted by Crippen LogP contribution is -2.32. The zero-order chi connectivity index (χ0) is 22.7. The molecule has 1 heterocycles. The molecule has 1 amide bonds. The maximum absolute atomic E-state index is 13.3. The predicted octanol–water partition coefficient (Wildman–Crippen LogP) is 4.32. The van der Waals surface area contributed by atoms with Crippen molar-refractivity contribution in [3.05, 3.63) is 76.6 Å². The number of amides is 1. The molecular formula is C25H29FN2O3. The highest BCUT2D eigenvalue weighted by molar-refractivity contribution is 6.46. The number of carbonyl (C=O) groups is 2. The van der Waals surface area contributed by atoms with Crippen molar-refractivity contribution in [3.63, 3.8) is 0 Å². The van der Waals surface area contributed by atoms with Crippen molar-refractivity contribution in [1.29, 1.82) is 0 Å². The zero-order valence-corrected chi connectivity index (χ0v) is 18.4. The Morgan fingerprint density at radius 1 is 1.06 bits per heavy atom. The number of halogens is 1. The van der Waals surface area contributed by atoms with Gasteiger partial charge in [-0.1, -0.05) is 38.1 Å². The maximum atomic E-state index is 13.3. The fraction of sp³-hybridized carbons (Fsp3) is 0.360. The van der Waals surface area contributed by atoms with Gasteiger partial charge < -0.3 is 14.9 Å². The van der Waals surface area contributed by atoms with Gasteiger partial charge in [0.25, 0.3) is 11.7 Å².